The quantitative estimate of drug-likeness (QED) is 0.769. The molecule has 92 valence electrons. The number of rotatable bonds is 1. The standard InChI is InChI=1S/C15H15NO2/c17-15(12-5-2-1-3-6-12)16-9-4-7-14-13(11-16)8-10-18-14/h1-3,5-6,8,10H,4,7,9,11H2. The van der Waals surface area contributed by atoms with Crippen LogP contribution in [0.1, 0.15) is 28.1 Å². The fourth-order valence-electron chi connectivity index (χ4n) is 2.38. The third-order valence-corrected chi connectivity index (χ3v) is 3.34. The van der Waals surface area contributed by atoms with Crippen molar-refractivity contribution in [3.63, 3.8) is 0 Å². The Morgan fingerprint density at radius 2 is 2.00 bits per heavy atom. The lowest BCUT2D eigenvalue weighted by Gasteiger charge is -2.20. The van der Waals surface area contributed by atoms with Crippen molar-refractivity contribution in [1.82, 2.24) is 4.90 Å². The molecule has 3 heteroatoms. The molecule has 0 aliphatic carbocycles. The second-order valence-electron chi connectivity index (χ2n) is 4.57. The molecule has 1 amide bonds. The Morgan fingerprint density at radius 3 is 2.83 bits per heavy atom. The van der Waals surface area contributed by atoms with Crippen molar-refractivity contribution in [2.45, 2.75) is 19.4 Å². The van der Waals surface area contributed by atoms with E-state index in [-0.39, 0.29) is 5.91 Å². The van der Waals surface area contributed by atoms with E-state index in [1.54, 1.807) is 6.26 Å². The molecule has 18 heavy (non-hydrogen) atoms. The van der Waals surface area contributed by atoms with Crippen LogP contribution in [0.2, 0.25) is 0 Å². The molecule has 1 aromatic heterocycles. The van der Waals surface area contributed by atoms with Gasteiger partial charge < -0.3 is 9.32 Å². The number of carbonyl (C=O) groups is 1. The van der Waals surface area contributed by atoms with Gasteiger partial charge in [-0.1, -0.05) is 18.2 Å². The van der Waals surface area contributed by atoms with Crippen molar-refractivity contribution >= 4 is 5.91 Å². The number of fused-ring (bicyclic) bond motifs is 1. The van der Waals surface area contributed by atoms with Crippen LogP contribution in [0, 0.1) is 0 Å². The number of amides is 1. The Labute approximate surface area is 106 Å². The molecule has 0 fully saturated rings. The molecule has 1 aliphatic rings. The van der Waals surface area contributed by atoms with Crippen LogP contribution >= 0.6 is 0 Å². The van der Waals surface area contributed by atoms with Gasteiger partial charge in [0.05, 0.1) is 6.26 Å². The minimum Gasteiger partial charge on any atom is -0.469 e. The van der Waals surface area contributed by atoms with E-state index in [9.17, 15) is 4.79 Å². The van der Waals surface area contributed by atoms with Crippen molar-refractivity contribution in [3.8, 4) is 0 Å². The zero-order chi connectivity index (χ0) is 12.4. The van der Waals surface area contributed by atoms with Crippen LogP contribution < -0.4 is 0 Å². The SMILES string of the molecule is O=C(c1ccccc1)N1CCCc2occc2C1. The van der Waals surface area contributed by atoms with Gasteiger partial charge in [-0.05, 0) is 24.6 Å². The van der Waals surface area contributed by atoms with Gasteiger partial charge in [0.2, 0.25) is 0 Å². The average Bonchev–Trinajstić information content (AvgIpc) is 2.76. The van der Waals surface area contributed by atoms with Crippen molar-refractivity contribution in [2.75, 3.05) is 6.54 Å². The van der Waals surface area contributed by atoms with E-state index in [0.717, 1.165) is 36.3 Å². The number of carbonyl (C=O) groups excluding carboxylic acids is 1. The molecular weight excluding hydrogens is 226 g/mol. The molecule has 0 radical (unpaired) electrons. The predicted molar refractivity (Wildman–Crippen MR) is 68.2 cm³/mol. The molecule has 0 atom stereocenters. The maximum absolute atomic E-state index is 12.4. The van der Waals surface area contributed by atoms with Crippen molar-refractivity contribution < 1.29 is 9.21 Å². The smallest absolute Gasteiger partial charge is 0.254 e. The molecule has 0 saturated heterocycles. The number of furan rings is 1. The Morgan fingerprint density at radius 1 is 1.17 bits per heavy atom. The second kappa shape index (κ2) is 4.69. The Bertz CT molecular complexity index is 545. The minimum absolute atomic E-state index is 0.102. The summed E-state index contributed by atoms with van der Waals surface area (Å²) in [6.45, 7) is 1.44. The van der Waals surface area contributed by atoms with Crippen LogP contribution in [-0.2, 0) is 13.0 Å². The summed E-state index contributed by atoms with van der Waals surface area (Å²) < 4.78 is 5.43. The summed E-state index contributed by atoms with van der Waals surface area (Å²) >= 11 is 0. The summed E-state index contributed by atoms with van der Waals surface area (Å²) in [5, 5.41) is 0. The van der Waals surface area contributed by atoms with Gasteiger partial charge in [0.1, 0.15) is 5.76 Å². The summed E-state index contributed by atoms with van der Waals surface area (Å²) in [6, 6.07) is 11.4. The normalized spacial score (nSPS) is 15.0. The minimum atomic E-state index is 0.102. The molecule has 0 spiro atoms. The van der Waals surface area contributed by atoms with Crippen molar-refractivity contribution in [2.24, 2.45) is 0 Å². The number of aryl methyl sites for hydroxylation is 1. The Balaban J connectivity index is 1.83. The summed E-state index contributed by atoms with van der Waals surface area (Å²) in [7, 11) is 0. The lowest BCUT2D eigenvalue weighted by Crippen LogP contribution is -2.30. The van der Waals surface area contributed by atoms with Gasteiger partial charge in [0.15, 0.2) is 0 Å². The van der Waals surface area contributed by atoms with Gasteiger partial charge >= 0.3 is 0 Å². The topological polar surface area (TPSA) is 33.5 Å². The average molecular weight is 241 g/mol. The maximum Gasteiger partial charge on any atom is 0.254 e. The fraction of sp³-hybridized carbons (Fsp3) is 0.267. The second-order valence-corrected chi connectivity index (χ2v) is 4.57. The number of hydrogen-bond donors (Lipinski definition) is 0. The highest BCUT2D eigenvalue weighted by molar-refractivity contribution is 5.94. The van der Waals surface area contributed by atoms with Crippen LogP contribution in [0.15, 0.2) is 47.1 Å². The molecule has 1 aromatic carbocycles. The molecule has 1 aliphatic heterocycles. The number of nitrogens with zero attached hydrogens (tertiary/aromatic N) is 1. The summed E-state index contributed by atoms with van der Waals surface area (Å²) in [4.78, 5) is 14.3. The van der Waals surface area contributed by atoms with Gasteiger partial charge in [0, 0.05) is 30.6 Å². The van der Waals surface area contributed by atoms with E-state index in [2.05, 4.69) is 0 Å². The maximum atomic E-state index is 12.4. The number of benzene rings is 1. The molecular formula is C15H15NO2. The first-order chi connectivity index (χ1) is 8.84. The van der Waals surface area contributed by atoms with Crippen molar-refractivity contribution in [3.05, 3.63) is 59.5 Å². The summed E-state index contributed by atoms with van der Waals surface area (Å²) in [5.74, 6) is 1.13. The monoisotopic (exact) mass is 241 g/mol. The molecule has 0 unspecified atom stereocenters. The zero-order valence-electron chi connectivity index (χ0n) is 10.1. The van der Waals surface area contributed by atoms with E-state index in [4.69, 9.17) is 4.42 Å². The van der Waals surface area contributed by atoms with E-state index >= 15 is 0 Å². The van der Waals surface area contributed by atoms with Gasteiger partial charge in [-0.2, -0.15) is 0 Å². The first-order valence-electron chi connectivity index (χ1n) is 6.24. The molecule has 3 nitrogen and oxygen atoms in total. The number of hydrogen-bond acceptors (Lipinski definition) is 2. The molecule has 0 saturated carbocycles. The lowest BCUT2D eigenvalue weighted by atomic mass is 10.2. The molecule has 0 N–H and O–H groups in total. The van der Waals surface area contributed by atoms with Crippen LogP contribution in [0.3, 0.4) is 0 Å². The third kappa shape index (κ3) is 2.04. The van der Waals surface area contributed by atoms with Crippen molar-refractivity contribution in [1.29, 1.82) is 0 Å². The van der Waals surface area contributed by atoms with Gasteiger partial charge in [-0.3, -0.25) is 4.79 Å². The molecule has 2 heterocycles. The summed E-state index contributed by atoms with van der Waals surface area (Å²) in [6.07, 6.45) is 3.58. The van der Waals surface area contributed by atoms with E-state index in [0.29, 0.717) is 6.54 Å². The Hall–Kier alpha value is -2.03. The van der Waals surface area contributed by atoms with E-state index in [1.165, 1.54) is 0 Å². The van der Waals surface area contributed by atoms with Crippen LogP contribution in [0.5, 0.6) is 0 Å². The highest BCUT2D eigenvalue weighted by Gasteiger charge is 2.21. The Kier molecular flexibility index (Phi) is 2.89. The van der Waals surface area contributed by atoms with Crippen LogP contribution in [0.25, 0.3) is 0 Å². The van der Waals surface area contributed by atoms with Crippen LogP contribution in [0.4, 0.5) is 0 Å². The van der Waals surface area contributed by atoms with Gasteiger partial charge in [-0.25, -0.2) is 0 Å². The molecule has 3 rings (SSSR count). The molecule has 2 aromatic rings. The molecule has 0 bridgehead atoms. The van der Waals surface area contributed by atoms with Gasteiger partial charge in [0.25, 0.3) is 5.91 Å². The largest absolute Gasteiger partial charge is 0.469 e. The van der Waals surface area contributed by atoms with Crippen LogP contribution in [-0.4, -0.2) is 17.4 Å². The van der Waals surface area contributed by atoms with E-state index in [1.807, 2.05) is 41.3 Å². The lowest BCUT2D eigenvalue weighted by molar-refractivity contribution is 0.0746. The first-order valence-corrected chi connectivity index (χ1v) is 6.24. The van der Waals surface area contributed by atoms with E-state index < -0.39 is 0 Å². The predicted octanol–water partition coefficient (Wildman–Crippen LogP) is 2.87. The highest BCUT2D eigenvalue weighted by Crippen LogP contribution is 2.20. The fourth-order valence-corrected chi connectivity index (χ4v) is 2.38. The zero-order valence-corrected chi connectivity index (χ0v) is 10.1. The summed E-state index contributed by atoms with van der Waals surface area (Å²) in [5.41, 5.74) is 1.89. The third-order valence-electron chi connectivity index (χ3n) is 3.34. The van der Waals surface area contributed by atoms with Gasteiger partial charge in [-0.15, -0.1) is 0 Å². The highest BCUT2D eigenvalue weighted by atomic mass is 16.3. The first kappa shape index (κ1) is 11.1.